The molecule has 0 unspecified atom stereocenters. The number of carboxylic acid groups (broad SMARTS) is 1. The first kappa shape index (κ1) is 48.7. The summed E-state index contributed by atoms with van der Waals surface area (Å²) < 4.78 is 80.8. The van der Waals surface area contributed by atoms with Crippen LogP contribution in [0.4, 0.5) is 16.2 Å². The maximum Gasteiger partial charge on any atom is 0.407 e. The molecule has 0 aliphatic rings. The number of aromatic nitrogens is 4. The molecule has 6 aromatic rings. The van der Waals surface area contributed by atoms with Crippen molar-refractivity contribution in [1.29, 1.82) is 0 Å². The van der Waals surface area contributed by atoms with E-state index < -0.39 is 60.7 Å². The Hall–Kier alpha value is -6.78. The van der Waals surface area contributed by atoms with Crippen molar-refractivity contribution < 1.29 is 46.1 Å². The number of aliphatic hydroxyl groups is 1. The summed E-state index contributed by atoms with van der Waals surface area (Å²) in [5, 5.41) is 34.1. The van der Waals surface area contributed by atoms with Crippen molar-refractivity contribution in [2.75, 3.05) is 45.9 Å². The van der Waals surface area contributed by atoms with Crippen molar-refractivity contribution in [2.24, 2.45) is 0 Å². The molecular formula is C45H53N9O10S2. The number of hydrogen-bond donors (Lipinski definition) is 5. The van der Waals surface area contributed by atoms with Crippen LogP contribution in [-0.4, -0.2) is 109 Å². The van der Waals surface area contributed by atoms with Gasteiger partial charge in [-0.3, -0.25) is 0 Å². The number of nitrogens with two attached hydrogens (primary N) is 2. The highest BCUT2D eigenvalue weighted by Crippen LogP contribution is 2.42. The highest BCUT2D eigenvalue weighted by Gasteiger charge is 2.38. The lowest BCUT2D eigenvalue weighted by Gasteiger charge is -2.34. The Morgan fingerprint density at radius 2 is 1.30 bits per heavy atom. The lowest BCUT2D eigenvalue weighted by molar-refractivity contribution is 0.0577. The second-order valence-electron chi connectivity index (χ2n) is 16.2. The van der Waals surface area contributed by atoms with Crippen LogP contribution in [0.25, 0.3) is 22.5 Å². The van der Waals surface area contributed by atoms with Crippen molar-refractivity contribution >= 4 is 37.5 Å². The zero-order valence-corrected chi connectivity index (χ0v) is 38.9. The van der Waals surface area contributed by atoms with Gasteiger partial charge in [0, 0.05) is 25.2 Å². The van der Waals surface area contributed by atoms with Crippen LogP contribution >= 0.6 is 0 Å². The first-order chi connectivity index (χ1) is 31.2. The summed E-state index contributed by atoms with van der Waals surface area (Å²) in [7, 11) is -5.36. The zero-order chi connectivity index (χ0) is 48.0. The van der Waals surface area contributed by atoms with Gasteiger partial charge < -0.3 is 40.8 Å². The average Bonchev–Trinajstić information content (AvgIpc) is 3.76. The van der Waals surface area contributed by atoms with E-state index in [-0.39, 0.29) is 48.0 Å². The van der Waals surface area contributed by atoms with Gasteiger partial charge in [0.2, 0.25) is 25.9 Å². The van der Waals surface area contributed by atoms with Crippen molar-refractivity contribution in [3.05, 3.63) is 120 Å². The number of ether oxygens (including phenoxy) is 3. The Bertz CT molecular complexity index is 2820. The normalized spacial score (nSPS) is 12.5. The highest BCUT2D eigenvalue weighted by atomic mass is 32.2. The monoisotopic (exact) mass is 943 g/mol. The van der Waals surface area contributed by atoms with E-state index in [9.17, 15) is 23.4 Å². The number of sulfonamides is 2. The molecule has 66 heavy (non-hydrogen) atoms. The zero-order valence-electron chi connectivity index (χ0n) is 37.2. The molecule has 0 radical (unpaired) electrons. The average molecular weight is 944 g/mol. The van der Waals surface area contributed by atoms with Crippen molar-refractivity contribution in [2.45, 2.75) is 61.8 Å². The van der Waals surface area contributed by atoms with Gasteiger partial charge in [0.1, 0.15) is 27.0 Å². The SMILES string of the molecule is COc1ccc(CN(Cc2ccc(OC)cc2)S(=O)(=O)c2c(S(=O)(=O)NC[C@H](O)CN(C(=O)O)C(C)(C)C)ccc(-c3ccc(N)c(N)c3)c2-c2nnn(Cc3ccc(OC)cc3)n2)cc1. The number of nitrogen functional groups attached to an aromatic ring is 2. The molecule has 7 N–H and O–H groups in total. The first-order valence-electron chi connectivity index (χ1n) is 20.4. The Morgan fingerprint density at radius 3 is 1.79 bits per heavy atom. The molecule has 1 heterocycles. The number of hydrogen-bond acceptors (Lipinski definition) is 14. The fraction of sp³-hybridized carbons (Fsp3) is 0.289. The van der Waals surface area contributed by atoms with E-state index in [4.69, 9.17) is 25.7 Å². The second kappa shape index (κ2) is 20.2. The number of carbonyl (C=O) groups is 1. The molecule has 6 rings (SSSR count). The Morgan fingerprint density at radius 1 is 0.773 bits per heavy atom. The van der Waals surface area contributed by atoms with E-state index in [0.717, 1.165) is 20.8 Å². The number of aliphatic hydroxyl groups excluding tert-OH is 1. The summed E-state index contributed by atoms with van der Waals surface area (Å²) in [6, 6.07) is 27.7. The first-order valence-corrected chi connectivity index (χ1v) is 23.3. The third-order valence-corrected chi connectivity index (χ3v) is 14.0. The largest absolute Gasteiger partial charge is 0.497 e. The van der Waals surface area contributed by atoms with Crippen LogP contribution < -0.4 is 30.4 Å². The smallest absolute Gasteiger partial charge is 0.407 e. The summed E-state index contributed by atoms with van der Waals surface area (Å²) in [5.74, 6) is 1.43. The van der Waals surface area contributed by atoms with Crippen LogP contribution in [0.1, 0.15) is 37.5 Å². The lowest BCUT2D eigenvalue weighted by Crippen LogP contribution is -2.50. The standard InChI is InChI=1S/C45H53N9O10S2/c1-45(2,3)53(44(56)57)28-33(55)24-48-65(58,59)40-22-20-37(32-13-21-38(46)39(47)23-32)41(43-49-51-54(50-43)27-31-11-18-36(64-6)19-12-31)42(40)66(60,61)52(25-29-7-14-34(62-4)15-8-29)26-30-9-16-35(63-5)17-10-30/h7-23,33,48,55H,24-28,46-47H2,1-6H3,(H,56,57)/t33-/m0/s1. The molecule has 21 heteroatoms. The van der Waals surface area contributed by atoms with Crippen LogP contribution in [0.2, 0.25) is 0 Å². The van der Waals surface area contributed by atoms with E-state index in [2.05, 4.69) is 20.1 Å². The topological polar surface area (TPSA) is 268 Å². The predicted molar refractivity (Wildman–Crippen MR) is 248 cm³/mol. The minimum Gasteiger partial charge on any atom is -0.497 e. The third kappa shape index (κ3) is 11.4. The van der Waals surface area contributed by atoms with Gasteiger partial charge in [-0.2, -0.15) is 9.10 Å². The molecule has 0 spiro atoms. The fourth-order valence-corrected chi connectivity index (χ4v) is 10.4. The molecule has 350 valence electrons. The maximum absolute atomic E-state index is 15.9. The Kier molecular flexibility index (Phi) is 14.9. The molecule has 1 aromatic heterocycles. The number of β-amino-alcohol motifs (C(OH)–C–C–N with tert-alkyl or cyclic N) is 1. The van der Waals surface area contributed by atoms with Gasteiger partial charge >= 0.3 is 6.09 Å². The second-order valence-corrected chi connectivity index (χ2v) is 19.8. The number of benzene rings is 5. The van der Waals surface area contributed by atoms with Gasteiger partial charge in [-0.05, 0) is 108 Å². The van der Waals surface area contributed by atoms with Gasteiger partial charge in [-0.15, -0.1) is 10.2 Å². The minimum atomic E-state index is -5.00. The van der Waals surface area contributed by atoms with Crippen molar-refractivity contribution in [3.8, 4) is 39.8 Å². The van der Waals surface area contributed by atoms with Gasteiger partial charge in [-0.25, -0.2) is 26.4 Å². The third-order valence-electron chi connectivity index (χ3n) is 10.5. The number of anilines is 2. The quantitative estimate of drug-likeness (QED) is 0.0665. The maximum atomic E-state index is 15.9. The number of methoxy groups -OCH3 is 3. The van der Waals surface area contributed by atoms with Gasteiger partial charge in [0.15, 0.2) is 0 Å². The molecule has 0 saturated carbocycles. The molecular weight excluding hydrogens is 891 g/mol. The summed E-state index contributed by atoms with van der Waals surface area (Å²) in [6.07, 6.45) is -2.88. The molecule has 19 nitrogen and oxygen atoms in total. The number of nitrogens with zero attached hydrogens (tertiary/aromatic N) is 6. The van der Waals surface area contributed by atoms with Gasteiger partial charge in [0.25, 0.3) is 0 Å². The van der Waals surface area contributed by atoms with Crippen LogP contribution in [0.5, 0.6) is 17.2 Å². The summed E-state index contributed by atoms with van der Waals surface area (Å²) >= 11 is 0. The molecule has 0 bridgehead atoms. The number of rotatable bonds is 19. The lowest BCUT2D eigenvalue weighted by atomic mass is 9.98. The Balaban J connectivity index is 1.60. The van der Waals surface area contributed by atoms with E-state index >= 15 is 8.42 Å². The Labute approximate surface area is 383 Å². The van der Waals surface area contributed by atoms with E-state index in [0.29, 0.717) is 33.9 Å². The molecule has 0 saturated heterocycles. The van der Waals surface area contributed by atoms with Crippen molar-refractivity contribution in [1.82, 2.24) is 34.1 Å². The molecule has 0 aliphatic heterocycles. The predicted octanol–water partition coefficient (Wildman–Crippen LogP) is 5.05. The van der Waals surface area contributed by atoms with E-state index in [1.54, 1.807) is 107 Å². The number of tetrazole rings is 1. The van der Waals surface area contributed by atoms with Crippen molar-refractivity contribution in [3.63, 3.8) is 0 Å². The molecule has 5 aromatic carbocycles. The van der Waals surface area contributed by atoms with Crippen LogP contribution in [-0.2, 0) is 39.7 Å². The van der Waals surface area contributed by atoms with E-state index in [1.165, 1.54) is 37.2 Å². The molecule has 0 aliphatic carbocycles. The minimum absolute atomic E-state index is 0.0870. The molecule has 1 atom stereocenters. The van der Waals surface area contributed by atoms with Gasteiger partial charge in [-0.1, -0.05) is 48.5 Å². The van der Waals surface area contributed by atoms with Crippen LogP contribution in [0, 0.1) is 0 Å². The number of amides is 1. The van der Waals surface area contributed by atoms with E-state index in [1.807, 2.05) is 0 Å². The highest BCUT2D eigenvalue weighted by molar-refractivity contribution is 7.92. The number of nitrogens with one attached hydrogen (secondary N) is 1. The van der Waals surface area contributed by atoms with Crippen LogP contribution in [0.3, 0.4) is 0 Å². The van der Waals surface area contributed by atoms with Gasteiger partial charge in [0.05, 0.1) is 57.5 Å². The fourth-order valence-electron chi connectivity index (χ4n) is 6.96. The molecule has 0 fully saturated rings. The summed E-state index contributed by atoms with van der Waals surface area (Å²) in [4.78, 5) is 12.9. The van der Waals surface area contributed by atoms with Crippen LogP contribution in [0.15, 0.2) is 113 Å². The summed E-state index contributed by atoms with van der Waals surface area (Å²) in [5.41, 5.74) is 14.0. The summed E-state index contributed by atoms with van der Waals surface area (Å²) in [6.45, 7) is 3.30. The molecule has 1 amide bonds.